The second-order valence-electron chi connectivity index (χ2n) is 7.34. The summed E-state index contributed by atoms with van der Waals surface area (Å²) in [7, 11) is 0. The number of nitro groups is 1. The summed E-state index contributed by atoms with van der Waals surface area (Å²) in [6.45, 7) is 5.11. The maximum atomic E-state index is 11.4. The second-order valence-corrected chi connectivity index (χ2v) is 8.13. The first-order chi connectivity index (χ1) is 15.2. The number of nitro benzene ring substituents is 1. The van der Waals surface area contributed by atoms with Gasteiger partial charge < -0.3 is 9.52 Å². The molecular weight excluding hydrogens is 453 g/mol. The molecule has 1 aromatic heterocycles. The molecular formula is C23H17Cl2N3O4. The summed E-state index contributed by atoms with van der Waals surface area (Å²) in [5.74, 6) is -0.137. The summed E-state index contributed by atoms with van der Waals surface area (Å²) in [6, 6.07) is 10.7. The molecule has 7 nitrogen and oxygen atoms in total. The van der Waals surface area contributed by atoms with Crippen LogP contribution >= 0.6 is 23.2 Å². The number of hydrogen-bond acceptors (Lipinski definition) is 6. The molecule has 162 valence electrons. The zero-order chi connectivity index (χ0) is 23.2. The topological polar surface area (TPSA) is 102 Å². The highest BCUT2D eigenvalue weighted by Crippen LogP contribution is 2.40. The minimum absolute atomic E-state index is 0.168. The lowest BCUT2D eigenvalue weighted by Crippen LogP contribution is -2.00. The molecule has 4 rings (SSSR count). The van der Waals surface area contributed by atoms with Crippen molar-refractivity contribution in [3.8, 4) is 17.2 Å². The Morgan fingerprint density at radius 1 is 1.12 bits per heavy atom. The zero-order valence-electron chi connectivity index (χ0n) is 17.3. The summed E-state index contributed by atoms with van der Waals surface area (Å²) in [5.41, 5.74) is 3.84. The van der Waals surface area contributed by atoms with Crippen LogP contribution in [0.25, 0.3) is 22.6 Å². The Morgan fingerprint density at radius 2 is 1.88 bits per heavy atom. The van der Waals surface area contributed by atoms with Gasteiger partial charge in [-0.3, -0.25) is 15.1 Å². The predicted molar refractivity (Wildman–Crippen MR) is 126 cm³/mol. The van der Waals surface area contributed by atoms with E-state index in [1.165, 1.54) is 13.1 Å². The van der Waals surface area contributed by atoms with Gasteiger partial charge in [-0.15, -0.1) is 0 Å². The highest BCUT2D eigenvalue weighted by atomic mass is 35.5. The number of aliphatic imine (C=N–C) groups is 1. The van der Waals surface area contributed by atoms with Gasteiger partial charge in [0.1, 0.15) is 5.52 Å². The van der Waals surface area contributed by atoms with E-state index in [0.717, 1.165) is 5.56 Å². The number of halogens is 2. The molecule has 0 unspecified atom stereocenters. The number of aromatic nitrogens is 1. The van der Waals surface area contributed by atoms with Crippen LogP contribution in [0.3, 0.4) is 0 Å². The lowest BCUT2D eigenvalue weighted by Gasteiger charge is -2.10. The molecule has 4 aromatic rings. The van der Waals surface area contributed by atoms with Crippen LogP contribution in [-0.2, 0) is 0 Å². The van der Waals surface area contributed by atoms with E-state index < -0.39 is 16.4 Å². The van der Waals surface area contributed by atoms with Crippen molar-refractivity contribution in [3.05, 3.63) is 78.8 Å². The standard InChI is InChI=1S/C23H17Cl2N3O4/c1-11-4-7-18-19(8-11)32-23(27-18)15-9-14(5-6-17(15)24)26-10-16-12(2)20(25)13(3)21(22(16)29)28(30)31/h4-10,29H,1-3H3. The van der Waals surface area contributed by atoms with E-state index in [2.05, 4.69) is 9.98 Å². The van der Waals surface area contributed by atoms with Crippen molar-refractivity contribution in [2.45, 2.75) is 20.8 Å². The molecule has 0 saturated carbocycles. The van der Waals surface area contributed by atoms with Gasteiger partial charge >= 0.3 is 5.69 Å². The van der Waals surface area contributed by atoms with Crippen LogP contribution in [0.4, 0.5) is 11.4 Å². The predicted octanol–water partition coefficient (Wildman–Crippen LogP) is 7.09. The molecule has 0 aliphatic rings. The molecule has 0 radical (unpaired) electrons. The lowest BCUT2D eigenvalue weighted by atomic mass is 10.0. The van der Waals surface area contributed by atoms with E-state index in [-0.39, 0.29) is 16.1 Å². The Kier molecular flexibility index (Phi) is 5.62. The van der Waals surface area contributed by atoms with Crippen LogP contribution < -0.4 is 0 Å². The molecule has 0 spiro atoms. The summed E-state index contributed by atoms with van der Waals surface area (Å²) < 4.78 is 5.86. The van der Waals surface area contributed by atoms with Crippen molar-refractivity contribution in [2.24, 2.45) is 4.99 Å². The molecule has 32 heavy (non-hydrogen) atoms. The van der Waals surface area contributed by atoms with Crippen LogP contribution in [-0.4, -0.2) is 21.2 Å². The first-order valence-electron chi connectivity index (χ1n) is 9.54. The number of phenolic OH excluding ortho intramolecular Hbond substituents is 1. The van der Waals surface area contributed by atoms with E-state index in [1.54, 1.807) is 25.1 Å². The Hall–Kier alpha value is -3.42. The summed E-state index contributed by atoms with van der Waals surface area (Å²) in [6.07, 6.45) is 1.34. The Balaban J connectivity index is 1.77. The third kappa shape index (κ3) is 3.81. The van der Waals surface area contributed by atoms with Gasteiger partial charge in [0.25, 0.3) is 0 Å². The number of aryl methyl sites for hydroxylation is 1. The number of benzene rings is 3. The summed E-state index contributed by atoms with van der Waals surface area (Å²) in [5, 5.41) is 22.5. The van der Waals surface area contributed by atoms with Gasteiger partial charge in [0, 0.05) is 17.3 Å². The minimum atomic E-state index is -0.664. The molecule has 0 amide bonds. The summed E-state index contributed by atoms with van der Waals surface area (Å²) in [4.78, 5) is 19.6. The SMILES string of the molecule is Cc1ccc2nc(-c3cc(N=Cc4c(C)c(Cl)c(C)c([N+](=O)[O-])c4O)ccc3Cl)oc2c1. The third-order valence-electron chi connectivity index (χ3n) is 5.15. The maximum absolute atomic E-state index is 11.4. The minimum Gasteiger partial charge on any atom is -0.502 e. The molecule has 3 aromatic carbocycles. The van der Waals surface area contributed by atoms with Crippen LogP contribution in [0, 0.1) is 30.9 Å². The van der Waals surface area contributed by atoms with E-state index in [0.29, 0.717) is 38.8 Å². The highest BCUT2D eigenvalue weighted by molar-refractivity contribution is 6.33. The van der Waals surface area contributed by atoms with E-state index in [9.17, 15) is 15.2 Å². The number of fused-ring (bicyclic) bond motifs is 1. The van der Waals surface area contributed by atoms with Crippen molar-refractivity contribution < 1.29 is 14.4 Å². The van der Waals surface area contributed by atoms with Crippen molar-refractivity contribution in [3.63, 3.8) is 0 Å². The largest absolute Gasteiger partial charge is 0.502 e. The van der Waals surface area contributed by atoms with Gasteiger partial charge in [-0.2, -0.15) is 0 Å². The van der Waals surface area contributed by atoms with Gasteiger partial charge in [0.15, 0.2) is 5.58 Å². The number of oxazole rings is 1. The van der Waals surface area contributed by atoms with E-state index in [4.69, 9.17) is 27.6 Å². The van der Waals surface area contributed by atoms with Gasteiger partial charge in [0.05, 0.1) is 26.2 Å². The maximum Gasteiger partial charge on any atom is 0.315 e. The average molecular weight is 470 g/mol. The number of nitrogens with zero attached hydrogens (tertiary/aromatic N) is 3. The summed E-state index contributed by atoms with van der Waals surface area (Å²) >= 11 is 12.6. The Morgan fingerprint density at radius 3 is 2.59 bits per heavy atom. The zero-order valence-corrected chi connectivity index (χ0v) is 18.8. The normalized spacial score (nSPS) is 11.5. The van der Waals surface area contributed by atoms with E-state index >= 15 is 0 Å². The van der Waals surface area contributed by atoms with Crippen molar-refractivity contribution in [2.75, 3.05) is 0 Å². The molecule has 0 bridgehead atoms. The van der Waals surface area contributed by atoms with Crippen LogP contribution in [0.1, 0.15) is 22.3 Å². The number of phenols is 1. The quantitative estimate of drug-likeness (QED) is 0.195. The Bertz CT molecular complexity index is 1430. The van der Waals surface area contributed by atoms with Gasteiger partial charge in [-0.25, -0.2) is 4.98 Å². The number of rotatable bonds is 4. The van der Waals surface area contributed by atoms with Crippen LogP contribution in [0.2, 0.25) is 10.0 Å². The van der Waals surface area contributed by atoms with Crippen LogP contribution in [0.5, 0.6) is 5.75 Å². The lowest BCUT2D eigenvalue weighted by molar-refractivity contribution is -0.386. The van der Waals surface area contributed by atoms with Crippen molar-refractivity contribution in [1.82, 2.24) is 4.98 Å². The second kappa shape index (κ2) is 8.26. The first-order valence-corrected chi connectivity index (χ1v) is 10.3. The van der Waals surface area contributed by atoms with Crippen molar-refractivity contribution in [1.29, 1.82) is 0 Å². The number of hydrogen-bond donors (Lipinski definition) is 1. The van der Waals surface area contributed by atoms with Gasteiger partial charge in [-0.05, 0) is 62.2 Å². The number of aromatic hydroxyl groups is 1. The average Bonchev–Trinajstić information content (AvgIpc) is 3.16. The monoisotopic (exact) mass is 469 g/mol. The van der Waals surface area contributed by atoms with Gasteiger partial charge in [-0.1, -0.05) is 29.3 Å². The molecule has 0 saturated heterocycles. The fourth-order valence-electron chi connectivity index (χ4n) is 3.41. The van der Waals surface area contributed by atoms with Crippen LogP contribution in [0.15, 0.2) is 45.8 Å². The highest BCUT2D eigenvalue weighted by Gasteiger charge is 2.25. The first kappa shape index (κ1) is 21.8. The van der Waals surface area contributed by atoms with Crippen molar-refractivity contribution >= 4 is 51.9 Å². The smallest absolute Gasteiger partial charge is 0.315 e. The van der Waals surface area contributed by atoms with E-state index in [1.807, 2.05) is 25.1 Å². The fourth-order valence-corrected chi connectivity index (χ4v) is 3.80. The molecule has 1 N–H and O–H groups in total. The molecule has 0 aliphatic heterocycles. The fraction of sp³-hybridized carbons (Fsp3) is 0.130. The molecule has 0 aliphatic carbocycles. The van der Waals surface area contributed by atoms with Gasteiger partial charge in [0.2, 0.25) is 11.6 Å². The molecule has 0 atom stereocenters. The molecule has 0 fully saturated rings. The molecule has 9 heteroatoms. The third-order valence-corrected chi connectivity index (χ3v) is 6.04. The Labute approximate surface area is 193 Å². The molecule has 1 heterocycles.